The SMILES string of the molecule is CC(CNC(=O)c1sc2ccccc2c1N)S(C)=O. The summed E-state index contributed by atoms with van der Waals surface area (Å²) in [5.74, 6) is -0.198. The third-order valence-corrected chi connectivity index (χ3v) is 5.44. The molecule has 1 aromatic heterocycles. The highest BCUT2D eigenvalue weighted by Crippen LogP contribution is 2.33. The van der Waals surface area contributed by atoms with E-state index in [2.05, 4.69) is 5.32 Å². The van der Waals surface area contributed by atoms with Crippen LogP contribution in [0.5, 0.6) is 0 Å². The Kier molecular flexibility index (Phi) is 4.21. The molecule has 0 saturated carbocycles. The van der Waals surface area contributed by atoms with Crippen molar-refractivity contribution in [2.24, 2.45) is 0 Å². The molecule has 2 atom stereocenters. The molecule has 2 unspecified atom stereocenters. The molecule has 2 rings (SSSR count). The summed E-state index contributed by atoms with van der Waals surface area (Å²) in [4.78, 5) is 12.6. The molecule has 2 aromatic rings. The number of nitrogens with one attached hydrogen (secondary N) is 1. The number of fused-ring (bicyclic) bond motifs is 1. The van der Waals surface area contributed by atoms with E-state index in [1.165, 1.54) is 11.3 Å². The second-order valence-electron chi connectivity index (χ2n) is 4.36. The number of nitrogens with two attached hydrogens (primary N) is 1. The van der Waals surface area contributed by atoms with E-state index in [9.17, 15) is 9.00 Å². The van der Waals surface area contributed by atoms with Gasteiger partial charge in [-0.2, -0.15) is 0 Å². The Balaban J connectivity index is 2.18. The minimum atomic E-state index is -0.946. The summed E-state index contributed by atoms with van der Waals surface area (Å²) >= 11 is 1.38. The van der Waals surface area contributed by atoms with Crippen LogP contribution in [0.1, 0.15) is 16.6 Å². The van der Waals surface area contributed by atoms with Gasteiger partial charge in [0.2, 0.25) is 0 Å². The number of amides is 1. The number of rotatable bonds is 4. The highest BCUT2D eigenvalue weighted by atomic mass is 32.2. The van der Waals surface area contributed by atoms with Crippen LogP contribution in [0, 0.1) is 0 Å². The van der Waals surface area contributed by atoms with Crippen LogP contribution in [-0.2, 0) is 10.8 Å². The highest BCUT2D eigenvalue weighted by Gasteiger charge is 2.17. The molecule has 3 N–H and O–H groups in total. The van der Waals surface area contributed by atoms with Crippen molar-refractivity contribution in [2.45, 2.75) is 12.2 Å². The minimum Gasteiger partial charge on any atom is -0.397 e. The molecule has 0 fully saturated rings. The van der Waals surface area contributed by atoms with E-state index >= 15 is 0 Å². The molecule has 1 amide bonds. The first-order valence-electron chi connectivity index (χ1n) is 5.88. The monoisotopic (exact) mass is 296 g/mol. The lowest BCUT2D eigenvalue weighted by molar-refractivity contribution is 0.0959. The summed E-state index contributed by atoms with van der Waals surface area (Å²) in [5.41, 5.74) is 6.51. The van der Waals surface area contributed by atoms with Gasteiger partial charge in [-0.15, -0.1) is 11.3 Å². The van der Waals surface area contributed by atoms with Gasteiger partial charge in [0, 0.05) is 38.9 Å². The zero-order valence-corrected chi connectivity index (χ0v) is 12.4. The average Bonchev–Trinajstić information content (AvgIpc) is 2.73. The van der Waals surface area contributed by atoms with Gasteiger partial charge >= 0.3 is 0 Å². The highest BCUT2D eigenvalue weighted by molar-refractivity contribution is 7.84. The number of hydrogen-bond acceptors (Lipinski definition) is 4. The van der Waals surface area contributed by atoms with Crippen LogP contribution in [0.25, 0.3) is 10.1 Å². The van der Waals surface area contributed by atoms with Crippen LogP contribution in [0.4, 0.5) is 5.69 Å². The van der Waals surface area contributed by atoms with E-state index in [0.717, 1.165) is 10.1 Å². The fraction of sp³-hybridized carbons (Fsp3) is 0.308. The molecule has 0 spiro atoms. The van der Waals surface area contributed by atoms with Crippen LogP contribution in [-0.4, -0.2) is 28.2 Å². The predicted octanol–water partition coefficient (Wildman–Crippen LogP) is 1.98. The first-order valence-corrected chi connectivity index (χ1v) is 8.32. The van der Waals surface area contributed by atoms with Gasteiger partial charge in [-0.1, -0.05) is 18.2 Å². The third-order valence-electron chi connectivity index (χ3n) is 2.96. The van der Waals surface area contributed by atoms with E-state index < -0.39 is 10.8 Å². The molecule has 0 aliphatic rings. The van der Waals surface area contributed by atoms with Gasteiger partial charge in [0.05, 0.1) is 5.69 Å². The lowest BCUT2D eigenvalue weighted by Crippen LogP contribution is -2.32. The molecular weight excluding hydrogens is 280 g/mol. The number of thiophene rings is 1. The zero-order chi connectivity index (χ0) is 14.0. The smallest absolute Gasteiger partial charge is 0.263 e. The lowest BCUT2D eigenvalue weighted by Gasteiger charge is -2.09. The topological polar surface area (TPSA) is 72.2 Å². The van der Waals surface area contributed by atoms with E-state index in [-0.39, 0.29) is 11.2 Å². The van der Waals surface area contributed by atoms with E-state index in [4.69, 9.17) is 5.73 Å². The Morgan fingerprint density at radius 3 is 2.79 bits per heavy atom. The maximum atomic E-state index is 12.1. The summed E-state index contributed by atoms with van der Waals surface area (Å²) in [5, 5.41) is 3.62. The molecule has 0 radical (unpaired) electrons. The summed E-state index contributed by atoms with van der Waals surface area (Å²) in [6, 6.07) is 7.66. The molecule has 19 heavy (non-hydrogen) atoms. The summed E-state index contributed by atoms with van der Waals surface area (Å²) < 4.78 is 12.2. The quantitative estimate of drug-likeness (QED) is 0.906. The number of nitrogen functional groups attached to an aromatic ring is 1. The van der Waals surface area contributed by atoms with Gasteiger partial charge in [-0.05, 0) is 13.0 Å². The minimum absolute atomic E-state index is 0.0699. The molecule has 0 saturated heterocycles. The summed E-state index contributed by atoms with van der Waals surface area (Å²) in [6.45, 7) is 2.22. The largest absolute Gasteiger partial charge is 0.397 e. The zero-order valence-electron chi connectivity index (χ0n) is 10.8. The maximum absolute atomic E-state index is 12.1. The van der Waals surface area contributed by atoms with E-state index in [1.807, 2.05) is 31.2 Å². The van der Waals surface area contributed by atoms with Crippen molar-refractivity contribution >= 4 is 43.8 Å². The normalized spacial score (nSPS) is 14.2. The molecular formula is C13H16N2O2S2. The van der Waals surface area contributed by atoms with Gasteiger partial charge in [0.1, 0.15) is 4.88 Å². The maximum Gasteiger partial charge on any atom is 0.263 e. The first-order chi connectivity index (χ1) is 9.00. The fourth-order valence-electron chi connectivity index (χ4n) is 1.67. The molecule has 1 aromatic carbocycles. The van der Waals surface area contributed by atoms with Crippen LogP contribution in [0.15, 0.2) is 24.3 Å². The van der Waals surface area contributed by atoms with Crippen LogP contribution < -0.4 is 11.1 Å². The van der Waals surface area contributed by atoms with E-state index in [1.54, 1.807) is 6.26 Å². The van der Waals surface area contributed by atoms with Crippen molar-refractivity contribution in [3.8, 4) is 0 Å². The number of carbonyl (C=O) groups is 1. The number of hydrogen-bond donors (Lipinski definition) is 2. The molecule has 1 heterocycles. The van der Waals surface area contributed by atoms with Crippen molar-refractivity contribution in [3.63, 3.8) is 0 Å². The Morgan fingerprint density at radius 2 is 2.16 bits per heavy atom. The number of anilines is 1. The molecule has 0 bridgehead atoms. The van der Waals surface area contributed by atoms with Crippen LogP contribution >= 0.6 is 11.3 Å². The van der Waals surface area contributed by atoms with Crippen molar-refractivity contribution in [3.05, 3.63) is 29.1 Å². The van der Waals surface area contributed by atoms with Gasteiger partial charge in [-0.3, -0.25) is 9.00 Å². The number of benzene rings is 1. The van der Waals surface area contributed by atoms with Gasteiger partial charge < -0.3 is 11.1 Å². The second kappa shape index (κ2) is 5.71. The Bertz CT molecular complexity index is 637. The summed E-state index contributed by atoms with van der Waals surface area (Å²) in [7, 11) is -0.946. The van der Waals surface area contributed by atoms with Gasteiger partial charge in [0.25, 0.3) is 5.91 Å². The van der Waals surface area contributed by atoms with Crippen molar-refractivity contribution < 1.29 is 9.00 Å². The molecule has 4 nitrogen and oxygen atoms in total. The molecule has 102 valence electrons. The Morgan fingerprint density at radius 1 is 1.47 bits per heavy atom. The second-order valence-corrected chi connectivity index (χ2v) is 7.21. The Labute approximate surface area is 118 Å². The van der Waals surface area contributed by atoms with Gasteiger partial charge in [0.15, 0.2) is 0 Å². The standard InChI is InChI=1S/C13H16N2O2S2/c1-8(19(2)17)7-15-13(16)12-11(14)9-5-3-4-6-10(9)18-12/h3-6,8H,7,14H2,1-2H3,(H,15,16). The fourth-order valence-corrected chi connectivity index (χ4v) is 3.03. The van der Waals surface area contributed by atoms with Crippen LogP contribution in [0.3, 0.4) is 0 Å². The van der Waals surface area contributed by atoms with Crippen molar-refractivity contribution in [2.75, 3.05) is 18.5 Å². The molecule has 0 aliphatic carbocycles. The lowest BCUT2D eigenvalue weighted by atomic mass is 10.2. The Hall–Kier alpha value is -1.40. The van der Waals surface area contributed by atoms with Crippen LogP contribution in [0.2, 0.25) is 0 Å². The summed E-state index contributed by atoms with van der Waals surface area (Å²) in [6.07, 6.45) is 1.63. The average molecular weight is 296 g/mol. The first kappa shape index (κ1) is 14.0. The van der Waals surface area contributed by atoms with E-state index in [0.29, 0.717) is 17.1 Å². The number of carbonyl (C=O) groups excluding carboxylic acids is 1. The predicted molar refractivity (Wildman–Crippen MR) is 82.1 cm³/mol. The molecule has 0 aliphatic heterocycles. The van der Waals surface area contributed by atoms with Crippen molar-refractivity contribution in [1.29, 1.82) is 0 Å². The van der Waals surface area contributed by atoms with Gasteiger partial charge in [-0.25, -0.2) is 0 Å². The molecule has 6 heteroatoms. The third kappa shape index (κ3) is 2.96. The van der Waals surface area contributed by atoms with Crippen molar-refractivity contribution in [1.82, 2.24) is 5.32 Å².